The topological polar surface area (TPSA) is 52.6 Å². The molecule has 4 nitrogen and oxygen atoms in total. The molecule has 0 saturated heterocycles. The van der Waals surface area contributed by atoms with E-state index in [4.69, 9.17) is 9.47 Å². The van der Waals surface area contributed by atoms with E-state index in [0.717, 1.165) is 12.0 Å². The summed E-state index contributed by atoms with van der Waals surface area (Å²) in [5, 5.41) is 0. The Morgan fingerprint density at radius 1 is 1.14 bits per heavy atom. The van der Waals surface area contributed by atoms with E-state index < -0.39 is 0 Å². The van der Waals surface area contributed by atoms with Gasteiger partial charge in [0.25, 0.3) is 0 Å². The second kappa shape index (κ2) is 9.23. The molecule has 0 radical (unpaired) electrons. The van der Waals surface area contributed by atoms with Crippen LogP contribution in [0.3, 0.4) is 0 Å². The maximum atomic E-state index is 11.7. The van der Waals surface area contributed by atoms with Crippen LogP contribution in [0.1, 0.15) is 52.0 Å². The summed E-state index contributed by atoms with van der Waals surface area (Å²) < 4.78 is 10.6. The molecular weight excluding hydrogens is 280 g/mol. The Morgan fingerprint density at radius 2 is 1.82 bits per heavy atom. The molecule has 0 saturated carbocycles. The molecule has 0 aromatic heterocycles. The normalized spacial score (nSPS) is 12.0. The van der Waals surface area contributed by atoms with E-state index in [9.17, 15) is 9.59 Å². The third kappa shape index (κ3) is 6.74. The van der Waals surface area contributed by atoms with E-state index in [2.05, 4.69) is 0 Å². The molecule has 0 aliphatic rings. The number of esters is 2. The lowest BCUT2D eigenvalue weighted by Gasteiger charge is -2.19. The third-order valence-electron chi connectivity index (χ3n) is 3.41. The van der Waals surface area contributed by atoms with Crippen molar-refractivity contribution in [3.8, 4) is 5.75 Å². The summed E-state index contributed by atoms with van der Waals surface area (Å²) >= 11 is 0. The molecule has 4 heteroatoms. The van der Waals surface area contributed by atoms with Crippen LogP contribution >= 0.6 is 0 Å². The molecule has 1 aromatic rings. The molecule has 0 fully saturated rings. The van der Waals surface area contributed by atoms with Gasteiger partial charge in [-0.1, -0.05) is 32.9 Å². The fourth-order valence-electron chi connectivity index (χ4n) is 2.16. The van der Waals surface area contributed by atoms with E-state index in [1.807, 2.05) is 39.8 Å². The van der Waals surface area contributed by atoms with Gasteiger partial charge in [-0.15, -0.1) is 0 Å². The number of benzene rings is 1. The largest absolute Gasteiger partial charge is 0.462 e. The van der Waals surface area contributed by atoms with Crippen LogP contribution in [0.25, 0.3) is 0 Å². The highest BCUT2D eigenvalue weighted by atomic mass is 16.5. The molecule has 1 atom stereocenters. The van der Waals surface area contributed by atoms with Gasteiger partial charge in [0.2, 0.25) is 0 Å². The van der Waals surface area contributed by atoms with Crippen LogP contribution in [0.5, 0.6) is 5.75 Å². The zero-order valence-electron chi connectivity index (χ0n) is 13.9. The number of carbonyl (C=O) groups excluding carboxylic acids is 2. The van der Waals surface area contributed by atoms with Gasteiger partial charge in [0.05, 0.1) is 0 Å². The molecule has 0 spiro atoms. The summed E-state index contributed by atoms with van der Waals surface area (Å²) in [5.41, 5.74) is 1.04. The predicted octanol–water partition coefficient (Wildman–Crippen LogP) is 4.05. The van der Waals surface area contributed by atoms with Gasteiger partial charge in [0.15, 0.2) is 0 Å². The van der Waals surface area contributed by atoms with Crippen molar-refractivity contribution in [2.45, 2.75) is 59.5 Å². The highest BCUT2D eigenvalue weighted by Gasteiger charge is 2.16. The van der Waals surface area contributed by atoms with Crippen molar-refractivity contribution in [3.05, 3.63) is 29.8 Å². The lowest BCUT2D eigenvalue weighted by molar-refractivity contribution is -0.151. The monoisotopic (exact) mass is 306 g/mol. The van der Waals surface area contributed by atoms with Gasteiger partial charge in [0, 0.05) is 12.8 Å². The lowest BCUT2D eigenvalue weighted by Crippen LogP contribution is -2.22. The molecule has 122 valence electrons. The van der Waals surface area contributed by atoms with Crippen LogP contribution < -0.4 is 4.74 Å². The summed E-state index contributed by atoms with van der Waals surface area (Å²) in [4.78, 5) is 23.4. The van der Waals surface area contributed by atoms with Crippen molar-refractivity contribution in [2.75, 3.05) is 0 Å². The highest BCUT2D eigenvalue weighted by molar-refractivity contribution is 5.74. The Labute approximate surface area is 132 Å². The average molecular weight is 306 g/mol. The number of ether oxygens (including phenoxy) is 2. The molecule has 0 amide bonds. The molecule has 0 aliphatic heterocycles. The zero-order chi connectivity index (χ0) is 16.5. The Bertz CT molecular complexity index is 494. The van der Waals surface area contributed by atoms with Gasteiger partial charge < -0.3 is 9.47 Å². The predicted molar refractivity (Wildman–Crippen MR) is 85.7 cm³/mol. The molecule has 0 aliphatic carbocycles. The molecular formula is C18H26O4. The third-order valence-corrected chi connectivity index (χ3v) is 3.41. The Balaban J connectivity index is 2.28. The van der Waals surface area contributed by atoms with Crippen LogP contribution in [-0.4, -0.2) is 18.0 Å². The number of aryl methyl sites for hydroxylation is 1. The summed E-state index contributed by atoms with van der Waals surface area (Å²) in [5.74, 6) is 0.275. The zero-order valence-corrected chi connectivity index (χ0v) is 13.9. The van der Waals surface area contributed by atoms with E-state index in [1.54, 1.807) is 12.1 Å². The van der Waals surface area contributed by atoms with Gasteiger partial charge in [-0.2, -0.15) is 0 Å². The summed E-state index contributed by atoms with van der Waals surface area (Å²) in [6.07, 6.45) is 1.65. The van der Waals surface area contributed by atoms with Gasteiger partial charge >= 0.3 is 11.9 Å². The van der Waals surface area contributed by atoms with E-state index in [0.29, 0.717) is 18.1 Å². The van der Waals surface area contributed by atoms with Crippen LogP contribution in [0, 0.1) is 12.8 Å². The fourth-order valence-corrected chi connectivity index (χ4v) is 2.16. The first-order valence-corrected chi connectivity index (χ1v) is 7.89. The number of rotatable bonds is 8. The summed E-state index contributed by atoms with van der Waals surface area (Å²) in [6, 6.07) is 7.33. The molecule has 0 heterocycles. The van der Waals surface area contributed by atoms with Crippen LogP contribution in [0.4, 0.5) is 0 Å². The minimum atomic E-state index is -0.325. The van der Waals surface area contributed by atoms with Crippen LogP contribution in [-0.2, 0) is 14.3 Å². The fraction of sp³-hybridized carbons (Fsp3) is 0.556. The van der Waals surface area contributed by atoms with Crippen molar-refractivity contribution in [3.63, 3.8) is 0 Å². The summed E-state index contributed by atoms with van der Waals surface area (Å²) in [6.45, 7) is 7.99. The maximum absolute atomic E-state index is 11.7. The van der Waals surface area contributed by atoms with Crippen molar-refractivity contribution in [1.29, 1.82) is 0 Å². The van der Waals surface area contributed by atoms with Crippen LogP contribution in [0.15, 0.2) is 24.3 Å². The average Bonchev–Trinajstić information content (AvgIpc) is 2.44. The SMILES string of the molecule is CCC(OC(=O)CCCC(=O)Oc1cccc(C)c1)C(C)C. The van der Waals surface area contributed by atoms with Gasteiger partial charge in [-0.3, -0.25) is 9.59 Å². The van der Waals surface area contributed by atoms with E-state index in [-0.39, 0.29) is 30.9 Å². The first-order chi connectivity index (χ1) is 10.4. The summed E-state index contributed by atoms with van der Waals surface area (Å²) in [7, 11) is 0. The lowest BCUT2D eigenvalue weighted by atomic mass is 10.1. The second-order valence-corrected chi connectivity index (χ2v) is 5.82. The minimum absolute atomic E-state index is 0.0493. The van der Waals surface area contributed by atoms with Crippen LogP contribution in [0.2, 0.25) is 0 Å². The van der Waals surface area contributed by atoms with Crippen molar-refractivity contribution >= 4 is 11.9 Å². The standard InChI is InChI=1S/C18H26O4/c1-5-16(13(2)3)22-18(20)11-7-10-17(19)21-15-9-6-8-14(4)12-15/h6,8-9,12-13,16H,5,7,10-11H2,1-4H3. The number of carbonyl (C=O) groups is 2. The second-order valence-electron chi connectivity index (χ2n) is 5.82. The van der Waals surface area contributed by atoms with E-state index in [1.165, 1.54) is 0 Å². The Morgan fingerprint density at radius 3 is 2.41 bits per heavy atom. The van der Waals surface area contributed by atoms with E-state index >= 15 is 0 Å². The quantitative estimate of drug-likeness (QED) is 0.537. The molecule has 1 aromatic carbocycles. The van der Waals surface area contributed by atoms with Crippen molar-refractivity contribution < 1.29 is 19.1 Å². The van der Waals surface area contributed by atoms with Crippen molar-refractivity contribution in [2.24, 2.45) is 5.92 Å². The van der Waals surface area contributed by atoms with Gasteiger partial charge in [-0.25, -0.2) is 0 Å². The van der Waals surface area contributed by atoms with Gasteiger partial charge in [-0.05, 0) is 43.4 Å². The first-order valence-electron chi connectivity index (χ1n) is 7.89. The maximum Gasteiger partial charge on any atom is 0.311 e. The molecule has 1 unspecified atom stereocenters. The number of hydrogen-bond acceptors (Lipinski definition) is 4. The van der Waals surface area contributed by atoms with Crippen molar-refractivity contribution in [1.82, 2.24) is 0 Å². The number of hydrogen-bond donors (Lipinski definition) is 0. The molecule has 1 rings (SSSR count). The van der Waals surface area contributed by atoms with Gasteiger partial charge in [0.1, 0.15) is 11.9 Å². The smallest absolute Gasteiger partial charge is 0.311 e. The molecule has 0 N–H and O–H groups in total. The molecule has 0 bridgehead atoms. The minimum Gasteiger partial charge on any atom is -0.462 e. The first kappa shape index (κ1) is 18.2. The Kier molecular flexibility index (Phi) is 7.64. The molecule has 22 heavy (non-hydrogen) atoms. The Hall–Kier alpha value is -1.84. The highest BCUT2D eigenvalue weighted by Crippen LogP contribution is 2.15.